The molecule has 0 bridgehead atoms. The molecule has 0 aliphatic carbocycles. The Balaban J connectivity index is 3.44. The zero-order valence-corrected chi connectivity index (χ0v) is 15.2. The Morgan fingerprint density at radius 1 is 0.667 bits per heavy atom. The van der Waals surface area contributed by atoms with E-state index in [0.29, 0.717) is 0 Å². The van der Waals surface area contributed by atoms with Crippen LogP contribution in [-0.4, -0.2) is 11.1 Å². The van der Waals surface area contributed by atoms with E-state index in [-0.39, 0.29) is 0 Å². The standard InChI is InChI=1S/C22H34O2/c1-2-3-4-5-6-7-8-9-10-11-12-13-14-15-16-17-18-19-20-21-22(23)24/h12-21H,2-11H2,1H3,(H,23,24)/b13-12-,15-14+,17-16?,19-18?,21-20?. The molecule has 0 aromatic carbocycles. The number of carbonyl (C=O) groups is 1. The Kier molecular flexibility index (Phi) is 17.8. The van der Waals surface area contributed by atoms with E-state index in [9.17, 15) is 4.79 Å². The van der Waals surface area contributed by atoms with Crippen LogP contribution < -0.4 is 0 Å². The van der Waals surface area contributed by atoms with Crippen LogP contribution in [-0.2, 0) is 4.79 Å². The molecule has 0 amide bonds. The average molecular weight is 331 g/mol. The highest BCUT2D eigenvalue weighted by Crippen LogP contribution is 2.10. The van der Waals surface area contributed by atoms with Crippen LogP contribution in [0.3, 0.4) is 0 Å². The van der Waals surface area contributed by atoms with Crippen molar-refractivity contribution in [3.05, 3.63) is 60.8 Å². The van der Waals surface area contributed by atoms with Gasteiger partial charge in [0.05, 0.1) is 0 Å². The summed E-state index contributed by atoms with van der Waals surface area (Å²) in [7, 11) is 0. The lowest BCUT2D eigenvalue weighted by atomic mass is 10.1. The molecule has 0 radical (unpaired) electrons. The summed E-state index contributed by atoms with van der Waals surface area (Å²) < 4.78 is 0. The molecule has 0 aromatic heterocycles. The summed E-state index contributed by atoms with van der Waals surface area (Å²) in [5.74, 6) is -0.930. The monoisotopic (exact) mass is 330 g/mol. The maximum Gasteiger partial charge on any atom is 0.328 e. The van der Waals surface area contributed by atoms with Gasteiger partial charge in [-0.1, -0.05) is 113 Å². The quantitative estimate of drug-likeness (QED) is 0.204. The minimum absolute atomic E-state index is 0.930. The van der Waals surface area contributed by atoms with Gasteiger partial charge in [0.15, 0.2) is 0 Å². The third-order valence-electron chi connectivity index (χ3n) is 3.63. The van der Waals surface area contributed by atoms with E-state index in [4.69, 9.17) is 5.11 Å². The van der Waals surface area contributed by atoms with Gasteiger partial charge in [0, 0.05) is 6.08 Å². The lowest BCUT2D eigenvalue weighted by Crippen LogP contribution is -1.84. The van der Waals surface area contributed by atoms with Crippen LogP contribution in [0, 0.1) is 0 Å². The molecule has 24 heavy (non-hydrogen) atoms. The molecule has 134 valence electrons. The molecule has 2 heteroatoms. The minimum atomic E-state index is -0.930. The van der Waals surface area contributed by atoms with Gasteiger partial charge in [-0.15, -0.1) is 0 Å². The van der Waals surface area contributed by atoms with Gasteiger partial charge in [-0.25, -0.2) is 4.79 Å². The van der Waals surface area contributed by atoms with Crippen molar-refractivity contribution in [3.63, 3.8) is 0 Å². The van der Waals surface area contributed by atoms with Gasteiger partial charge >= 0.3 is 5.97 Å². The maximum absolute atomic E-state index is 10.2. The van der Waals surface area contributed by atoms with E-state index in [1.807, 2.05) is 24.3 Å². The smallest absolute Gasteiger partial charge is 0.328 e. The highest BCUT2D eigenvalue weighted by Gasteiger charge is 1.90. The summed E-state index contributed by atoms with van der Waals surface area (Å²) >= 11 is 0. The van der Waals surface area contributed by atoms with Gasteiger partial charge < -0.3 is 5.11 Å². The molecule has 0 saturated heterocycles. The molecule has 0 atom stereocenters. The van der Waals surface area contributed by atoms with Crippen molar-refractivity contribution >= 4 is 5.97 Å². The first-order valence-corrected chi connectivity index (χ1v) is 9.33. The van der Waals surface area contributed by atoms with E-state index >= 15 is 0 Å². The molecule has 0 fully saturated rings. The Morgan fingerprint density at radius 2 is 1.12 bits per heavy atom. The molecule has 1 N–H and O–H groups in total. The van der Waals surface area contributed by atoms with Gasteiger partial charge in [-0.3, -0.25) is 0 Å². The van der Waals surface area contributed by atoms with Crippen LogP contribution in [0.4, 0.5) is 0 Å². The second kappa shape index (κ2) is 19.2. The van der Waals surface area contributed by atoms with Gasteiger partial charge in [-0.2, -0.15) is 0 Å². The molecule has 2 nitrogen and oxygen atoms in total. The zero-order valence-electron chi connectivity index (χ0n) is 15.2. The summed E-state index contributed by atoms with van der Waals surface area (Å²) in [5, 5.41) is 8.40. The molecule has 0 aliphatic rings. The SMILES string of the molecule is CCCCCCCCCCC/C=C\C=C\C=CC=CC=CC(=O)O. The Morgan fingerprint density at radius 3 is 1.67 bits per heavy atom. The summed E-state index contributed by atoms with van der Waals surface area (Å²) in [6, 6.07) is 0. The minimum Gasteiger partial charge on any atom is -0.478 e. The Labute approximate surface area is 148 Å². The van der Waals surface area contributed by atoms with E-state index in [2.05, 4.69) is 19.1 Å². The zero-order chi connectivity index (χ0) is 17.7. The topological polar surface area (TPSA) is 37.3 Å². The first-order valence-electron chi connectivity index (χ1n) is 9.33. The van der Waals surface area contributed by atoms with E-state index < -0.39 is 5.97 Å². The Bertz CT molecular complexity index is 425. The second-order valence-electron chi connectivity index (χ2n) is 5.90. The number of hydrogen-bond donors (Lipinski definition) is 1. The van der Waals surface area contributed by atoms with Crippen molar-refractivity contribution in [1.82, 2.24) is 0 Å². The fourth-order valence-electron chi connectivity index (χ4n) is 2.27. The molecule has 0 spiro atoms. The molecule has 0 aromatic rings. The predicted octanol–water partition coefficient (Wildman–Crippen LogP) is 6.77. The molecule has 0 rings (SSSR count). The number of allylic oxidation sites excluding steroid dienone is 9. The second-order valence-corrected chi connectivity index (χ2v) is 5.90. The number of rotatable bonds is 15. The van der Waals surface area contributed by atoms with Gasteiger partial charge in [0.25, 0.3) is 0 Å². The van der Waals surface area contributed by atoms with Crippen molar-refractivity contribution in [2.45, 2.75) is 71.1 Å². The highest BCUT2D eigenvalue weighted by molar-refractivity contribution is 5.80. The largest absolute Gasteiger partial charge is 0.478 e. The molecule has 0 heterocycles. The molecule has 0 aliphatic heterocycles. The maximum atomic E-state index is 10.2. The molecular formula is C22H34O2. The average Bonchev–Trinajstić information content (AvgIpc) is 2.56. The van der Waals surface area contributed by atoms with Crippen molar-refractivity contribution in [2.75, 3.05) is 0 Å². The summed E-state index contributed by atoms with van der Waals surface area (Å²) in [6.45, 7) is 2.26. The van der Waals surface area contributed by atoms with Crippen LogP contribution in [0.1, 0.15) is 71.1 Å². The number of carboxylic acids is 1. The summed E-state index contributed by atoms with van der Waals surface area (Å²) in [5.41, 5.74) is 0. The lowest BCUT2D eigenvalue weighted by molar-refractivity contribution is -0.131. The predicted molar refractivity (Wildman–Crippen MR) is 105 cm³/mol. The van der Waals surface area contributed by atoms with Crippen molar-refractivity contribution in [1.29, 1.82) is 0 Å². The number of hydrogen-bond acceptors (Lipinski definition) is 1. The summed E-state index contributed by atoms with van der Waals surface area (Å²) in [6.07, 6.45) is 31.7. The normalized spacial score (nSPS) is 12.7. The third kappa shape index (κ3) is 20.2. The van der Waals surface area contributed by atoms with E-state index in [0.717, 1.165) is 12.5 Å². The molecule has 0 unspecified atom stereocenters. The number of carboxylic acid groups (broad SMARTS) is 1. The van der Waals surface area contributed by atoms with Crippen molar-refractivity contribution in [2.24, 2.45) is 0 Å². The van der Waals surface area contributed by atoms with Crippen LogP contribution in [0.2, 0.25) is 0 Å². The first kappa shape index (κ1) is 22.2. The van der Waals surface area contributed by atoms with Crippen molar-refractivity contribution in [3.8, 4) is 0 Å². The number of aliphatic carboxylic acids is 1. The van der Waals surface area contributed by atoms with Gasteiger partial charge in [0.2, 0.25) is 0 Å². The van der Waals surface area contributed by atoms with Crippen LogP contribution in [0.5, 0.6) is 0 Å². The lowest BCUT2D eigenvalue weighted by Gasteiger charge is -2.00. The third-order valence-corrected chi connectivity index (χ3v) is 3.63. The van der Waals surface area contributed by atoms with Crippen LogP contribution in [0.15, 0.2) is 60.8 Å². The Hall–Kier alpha value is -1.83. The van der Waals surface area contributed by atoms with Crippen LogP contribution in [0.25, 0.3) is 0 Å². The van der Waals surface area contributed by atoms with Crippen molar-refractivity contribution < 1.29 is 9.90 Å². The fraction of sp³-hybridized carbons (Fsp3) is 0.500. The first-order chi connectivity index (χ1) is 11.8. The van der Waals surface area contributed by atoms with Gasteiger partial charge in [0.1, 0.15) is 0 Å². The fourth-order valence-corrected chi connectivity index (χ4v) is 2.27. The molecule has 0 saturated carbocycles. The molecular weight excluding hydrogens is 296 g/mol. The number of unbranched alkanes of at least 4 members (excludes halogenated alkanes) is 9. The highest BCUT2D eigenvalue weighted by atomic mass is 16.4. The van der Waals surface area contributed by atoms with E-state index in [1.54, 1.807) is 12.2 Å². The van der Waals surface area contributed by atoms with Crippen LogP contribution >= 0.6 is 0 Å². The summed E-state index contributed by atoms with van der Waals surface area (Å²) in [4.78, 5) is 10.2. The van der Waals surface area contributed by atoms with Gasteiger partial charge in [-0.05, 0) is 12.8 Å². The van der Waals surface area contributed by atoms with E-state index in [1.165, 1.54) is 63.9 Å².